The minimum Gasteiger partial charge on any atom is -0.368 e. The van der Waals surface area contributed by atoms with E-state index in [1.165, 1.54) is 0 Å². The molecule has 1 aromatic rings. The van der Waals surface area contributed by atoms with Gasteiger partial charge in [0.1, 0.15) is 5.60 Å². The van der Waals surface area contributed by atoms with Crippen molar-refractivity contribution in [2.45, 2.75) is 37.7 Å². The van der Waals surface area contributed by atoms with E-state index >= 15 is 0 Å². The molecule has 0 aromatic heterocycles. The largest absolute Gasteiger partial charge is 0.368 e. The van der Waals surface area contributed by atoms with Gasteiger partial charge in [0.15, 0.2) is 0 Å². The second-order valence-electron chi connectivity index (χ2n) is 7.12. The summed E-state index contributed by atoms with van der Waals surface area (Å²) in [5.41, 5.74) is 0.472. The van der Waals surface area contributed by atoms with Crippen LogP contribution in [-0.4, -0.2) is 49.7 Å². The smallest absolute Gasteiger partial charge is 0.254 e. The standard InChI is InChI=1S/C19H26Cl2N2O2.ClH/c1-25-19(6-8-22-9-7-19)18(24)23-10-4-14(5-11-23)12-15-13-16(20)2-3-17(15)21;/h2-3,13-14,22H,4-12H2,1H3;1H. The zero-order valence-corrected chi connectivity index (χ0v) is 17.4. The van der Waals surface area contributed by atoms with Crippen molar-refractivity contribution < 1.29 is 9.53 Å². The van der Waals surface area contributed by atoms with Gasteiger partial charge < -0.3 is 15.0 Å². The second kappa shape index (κ2) is 9.61. The van der Waals surface area contributed by atoms with Crippen molar-refractivity contribution in [1.82, 2.24) is 10.2 Å². The number of amides is 1. The van der Waals surface area contributed by atoms with Crippen LogP contribution in [0.2, 0.25) is 10.0 Å². The van der Waals surface area contributed by atoms with E-state index in [0.717, 1.165) is 73.9 Å². The molecule has 0 aliphatic carbocycles. The van der Waals surface area contributed by atoms with Gasteiger partial charge in [-0.05, 0) is 74.9 Å². The Hall–Kier alpha value is -0.520. The molecule has 2 fully saturated rings. The van der Waals surface area contributed by atoms with E-state index in [1.807, 2.05) is 23.1 Å². The van der Waals surface area contributed by atoms with E-state index in [9.17, 15) is 4.79 Å². The second-order valence-corrected chi connectivity index (χ2v) is 7.97. The van der Waals surface area contributed by atoms with Crippen LogP contribution in [0.4, 0.5) is 0 Å². The Morgan fingerprint density at radius 2 is 1.92 bits per heavy atom. The number of benzene rings is 1. The summed E-state index contributed by atoms with van der Waals surface area (Å²) in [6, 6.07) is 5.63. The average molecular weight is 422 g/mol. The zero-order valence-electron chi connectivity index (χ0n) is 15.1. The quantitative estimate of drug-likeness (QED) is 0.800. The fraction of sp³-hybridized carbons (Fsp3) is 0.632. The van der Waals surface area contributed by atoms with Gasteiger partial charge in [0, 0.05) is 30.2 Å². The Morgan fingerprint density at radius 3 is 2.54 bits per heavy atom. The van der Waals surface area contributed by atoms with Crippen LogP contribution in [0.25, 0.3) is 0 Å². The molecule has 146 valence electrons. The van der Waals surface area contributed by atoms with E-state index < -0.39 is 5.60 Å². The molecule has 0 spiro atoms. The summed E-state index contributed by atoms with van der Waals surface area (Å²) in [5.74, 6) is 0.697. The molecule has 0 atom stereocenters. The number of halogens is 3. The van der Waals surface area contributed by atoms with Crippen molar-refractivity contribution in [1.29, 1.82) is 0 Å². The van der Waals surface area contributed by atoms with Crippen LogP contribution < -0.4 is 5.32 Å². The van der Waals surface area contributed by atoms with Gasteiger partial charge >= 0.3 is 0 Å². The molecule has 0 radical (unpaired) electrons. The molecule has 0 bridgehead atoms. The predicted octanol–water partition coefficient (Wildman–Crippen LogP) is 3.96. The summed E-state index contributed by atoms with van der Waals surface area (Å²) < 4.78 is 5.68. The number of carbonyl (C=O) groups is 1. The molecule has 1 N–H and O–H groups in total. The van der Waals surface area contributed by atoms with Crippen LogP contribution in [0.15, 0.2) is 18.2 Å². The maximum Gasteiger partial charge on any atom is 0.254 e. The van der Waals surface area contributed by atoms with Crippen molar-refractivity contribution in [2.24, 2.45) is 5.92 Å². The summed E-state index contributed by atoms with van der Waals surface area (Å²) in [6.45, 7) is 3.26. The van der Waals surface area contributed by atoms with Crippen LogP contribution in [0.3, 0.4) is 0 Å². The van der Waals surface area contributed by atoms with E-state index in [1.54, 1.807) is 7.11 Å². The van der Waals surface area contributed by atoms with Gasteiger partial charge in [-0.1, -0.05) is 23.2 Å². The van der Waals surface area contributed by atoms with Gasteiger partial charge in [0.25, 0.3) is 5.91 Å². The lowest BCUT2D eigenvalue weighted by atomic mass is 9.87. The molecule has 2 heterocycles. The van der Waals surface area contributed by atoms with Crippen molar-refractivity contribution in [3.8, 4) is 0 Å². The van der Waals surface area contributed by atoms with Gasteiger partial charge in [-0.2, -0.15) is 0 Å². The fourth-order valence-electron chi connectivity index (χ4n) is 3.97. The van der Waals surface area contributed by atoms with Crippen molar-refractivity contribution in [2.75, 3.05) is 33.3 Å². The summed E-state index contributed by atoms with van der Waals surface area (Å²) in [7, 11) is 1.66. The van der Waals surface area contributed by atoms with Gasteiger partial charge in [0.05, 0.1) is 0 Å². The summed E-state index contributed by atoms with van der Waals surface area (Å²) in [6.07, 6.45) is 4.40. The number of carbonyl (C=O) groups excluding carboxylic acids is 1. The number of ether oxygens (including phenoxy) is 1. The molecule has 4 nitrogen and oxygen atoms in total. The molecule has 1 amide bonds. The highest BCUT2D eigenvalue weighted by molar-refractivity contribution is 6.33. The SMILES string of the molecule is COC1(C(=O)N2CCC(Cc3cc(Cl)ccc3Cl)CC2)CCNCC1.Cl. The van der Waals surface area contributed by atoms with Crippen molar-refractivity contribution in [3.05, 3.63) is 33.8 Å². The maximum absolute atomic E-state index is 13.0. The number of hydrogen-bond donors (Lipinski definition) is 1. The number of likely N-dealkylation sites (tertiary alicyclic amines) is 1. The summed E-state index contributed by atoms with van der Waals surface area (Å²) in [5, 5.41) is 4.80. The zero-order chi connectivity index (χ0) is 17.9. The highest BCUT2D eigenvalue weighted by Gasteiger charge is 2.43. The minimum atomic E-state index is -0.631. The number of piperidine rings is 2. The first kappa shape index (κ1) is 21.8. The molecule has 2 aliphatic rings. The molecule has 2 aliphatic heterocycles. The highest BCUT2D eigenvalue weighted by atomic mass is 35.5. The van der Waals surface area contributed by atoms with E-state index in [0.29, 0.717) is 5.92 Å². The van der Waals surface area contributed by atoms with Crippen LogP contribution in [-0.2, 0) is 16.0 Å². The van der Waals surface area contributed by atoms with Crippen LogP contribution in [0, 0.1) is 5.92 Å². The van der Waals surface area contributed by atoms with Crippen LogP contribution >= 0.6 is 35.6 Å². The van der Waals surface area contributed by atoms with Gasteiger partial charge in [-0.3, -0.25) is 4.79 Å². The third kappa shape index (κ3) is 4.85. The normalized spacial score (nSPS) is 20.5. The lowest BCUT2D eigenvalue weighted by Gasteiger charge is -2.41. The Balaban J connectivity index is 0.00000243. The number of nitrogens with one attached hydrogen (secondary N) is 1. The first-order valence-electron chi connectivity index (χ1n) is 9.03. The van der Waals surface area contributed by atoms with Crippen molar-refractivity contribution in [3.63, 3.8) is 0 Å². The lowest BCUT2D eigenvalue weighted by Crippen LogP contribution is -2.56. The molecule has 3 rings (SSSR count). The topological polar surface area (TPSA) is 41.6 Å². The van der Waals surface area contributed by atoms with E-state index in [-0.39, 0.29) is 18.3 Å². The Kier molecular flexibility index (Phi) is 8.05. The highest BCUT2D eigenvalue weighted by Crippen LogP contribution is 2.30. The number of methoxy groups -OCH3 is 1. The molecule has 7 heteroatoms. The van der Waals surface area contributed by atoms with Gasteiger partial charge in [-0.25, -0.2) is 0 Å². The summed E-state index contributed by atoms with van der Waals surface area (Å²) >= 11 is 12.4. The third-order valence-corrected chi connectivity index (χ3v) is 6.21. The van der Waals surface area contributed by atoms with Crippen LogP contribution in [0.1, 0.15) is 31.2 Å². The number of hydrogen-bond acceptors (Lipinski definition) is 3. The first-order valence-corrected chi connectivity index (χ1v) is 9.79. The van der Waals surface area contributed by atoms with E-state index in [4.69, 9.17) is 27.9 Å². The Labute approximate surface area is 172 Å². The number of nitrogens with zero attached hydrogens (tertiary/aromatic N) is 1. The lowest BCUT2D eigenvalue weighted by molar-refractivity contribution is -0.159. The average Bonchev–Trinajstić information content (AvgIpc) is 2.65. The maximum atomic E-state index is 13.0. The molecule has 26 heavy (non-hydrogen) atoms. The Morgan fingerprint density at radius 1 is 1.27 bits per heavy atom. The Bertz CT molecular complexity index is 613. The molecule has 0 saturated carbocycles. The minimum absolute atomic E-state index is 0. The van der Waals surface area contributed by atoms with Gasteiger partial charge in [0.2, 0.25) is 0 Å². The molecule has 1 aromatic carbocycles. The first-order chi connectivity index (χ1) is 12.0. The monoisotopic (exact) mass is 420 g/mol. The molecular weight excluding hydrogens is 395 g/mol. The number of rotatable bonds is 4. The molecule has 2 saturated heterocycles. The van der Waals surface area contributed by atoms with E-state index in [2.05, 4.69) is 5.32 Å². The fourth-order valence-corrected chi connectivity index (χ4v) is 4.36. The predicted molar refractivity (Wildman–Crippen MR) is 109 cm³/mol. The summed E-state index contributed by atoms with van der Waals surface area (Å²) in [4.78, 5) is 15.0. The molecule has 0 unspecified atom stereocenters. The van der Waals surface area contributed by atoms with Gasteiger partial charge in [-0.15, -0.1) is 12.4 Å². The molecular formula is C19H27Cl3N2O2. The van der Waals surface area contributed by atoms with Crippen LogP contribution in [0.5, 0.6) is 0 Å². The third-order valence-electron chi connectivity index (χ3n) is 5.61. The van der Waals surface area contributed by atoms with Crippen molar-refractivity contribution >= 4 is 41.5 Å².